The van der Waals surface area contributed by atoms with Crippen molar-refractivity contribution in [3.05, 3.63) is 72.6 Å². The summed E-state index contributed by atoms with van der Waals surface area (Å²) in [5, 5.41) is 2.14. The first-order chi connectivity index (χ1) is 8.56. The van der Waals surface area contributed by atoms with Gasteiger partial charge in [0, 0.05) is 18.6 Å². The minimum atomic E-state index is 0.680. The minimum Gasteiger partial charge on any atom is -0.0843 e. The van der Waals surface area contributed by atoms with Gasteiger partial charge in [0.25, 0.3) is 0 Å². The fourth-order valence-corrected chi connectivity index (χ4v) is 2.72. The summed E-state index contributed by atoms with van der Waals surface area (Å²) in [4.78, 5) is 0. The molecule has 18 heavy (non-hydrogen) atoms. The van der Waals surface area contributed by atoms with Gasteiger partial charge in [0.15, 0.2) is 0 Å². The summed E-state index contributed by atoms with van der Waals surface area (Å²) >= 11 is 20.5. The smallest absolute Gasteiger partial charge is 0.0442 e. The molecule has 93 valence electrons. The van der Waals surface area contributed by atoms with Crippen molar-refractivity contribution < 1.29 is 0 Å². The number of rotatable bonds is 3. The van der Waals surface area contributed by atoms with E-state index in [0.717, 1.165) is 26.1 Å². The molecule has 2 aromatic rings. The van der Waals surface area contributed by atoms with Gasteiger partial charge in [-0.25, -0.2) is 0 Å². The predicted molar refractivity (Wildman–Crippen MR) is 87.7 cm³/mol. The van der Waals surface area contributed by atoms with Gasteiger partial charge in [-0.1, -0.05) is 34.8 Å². The van der Waals surface area contributed by atoms with Crippen molar-refractivity contribution in [2.24, 2.45) is 0 Å². The third-order valence-corrected chi connectivity index (χ3v) is 4.13. The van der Waals surface area contributed by atoms with E-state index < -0.39 is 0 Å². The van der Waals surface area contributed by atoms with Crippen molar-refractivity contribution in [1.82, 2.24) is 0 Å². The third-order valence-electron chi connectivity index (χ3n) is 2.51. The summed E-state index contributed by atoms with van der Waals surface area (Å²) in [6, 6.07) is 11.4. The first-order valence-electron chi connectivity index (χ1n) is 5.28. The van der Waals surface area contributed by atoms with E-state index in [1.807, 2.05) is 24.6 Å². The second kappa shape index (κ2) is 6.47. The fraction of sp³-hybridized carbons (Fsp3) is 0.0714. The highest BCUT2D eigenvalue weighted by atomic mass is 127. The summed E-state index contributed by atoms with van der Waals surface area (Å²) in [7, 11) is 0. The summed E-state index contributed by atoms with van der Waals surface area (Å²) in [5.41, 5.74) is 2.01. The lowest BCUT2D eigenvalue weighted by atomic mass is 10.0. The van der Waals surface area contributed by atoms with Crippen molar-refractivity contribution in [3.63, 3.8) is 0 Å². The minimum absolute atomic E-state index is 0.680. The van der Waals surface area contributed by atoms with E-state index in [0.29, 0.717) is 10.0 Å². The van der Waals surface area contributed by atoms with Crippen molar-refractivity contribution in [3.8, 4) is 0 Å². The molecular weight excluding hydrogens is 401 g/mol. The van der Waals surface area contributed by atoms with Crippen molar-refractivity contribution >= 4 is 57.4 Å². The van der Waals surface area contributed by atoms with Gasteiger partial charge >= 0.3 is 0 Å². The summed E-state index contributed by atoms with van der Waals surface area (Å²) in [6.45, 7) is 0. The second-order valence-corrected chi connectivity index (χ2v) is 6.31. The Bertz CT molecular complexity index is 515. The van der Waals surface area contributed by atoms with Crippen molar-refractivity contribution in [2.75, 3.05) is 0 Å². The van der Waals surface area contributed by atoms with E-state index >= 15 is 0 Å². The van der Waals surface area contributed by atoms with Gasteiger partial charge < -0.3 is 0 Å². The van der Waals surface area contributed by atoms with Gasteiger partial charge in [0.05, 0.1) is 0 Å². The molecule has 0 atom stereocenters. The molecule has 0 aliphatic heterocycles. The molecule has 0 aromatic heterocycles. The first-order valence-corrected chi connectivity index (χ1v) is 7.50. The molecule has 0 amide bonds. The molecule has 0 N–H and O–H groups in total. The zero-order chi connectivity index (χ0) is 13.1. The van der Waals surface area contributed by atoms with E-state index in [-0.39, 0.29) is 0 Å². The number of benzene rings is 2. The van der Waals surface area contributed by atoms with Crippen LogP contribution in [0.5, 0.6) is 0 Å². The Morgan fingerprint density at radius 3 is 2.44 bits per heavy atom. The van der Waals surface area contributed by atoms with E-state index in [1.165, 1.54) is 0 Å². The zero-order valence-corrected chi connectivity index (χ0v) is 13.7. The van der Waals surface area contributed by atoms with Gasteiger partial charge in [0.2, 0.25) is 0 Å². The van der Waals surface area contributed by atoms with Crippen LogP contribution in [0.15, 0.2) is 36.4 Å². The molecule has 0 aliphatic rings. The molecule has 0 fully saturated rings. The molecular formula is C14H9Cl3I. The molecule has 0 spiro atoms. The number of halogens is 4. The Hall–Kier alpha value is 0.0400. The molecule has 0 heterocycles. The molecule has 0 nitrogen and oxygen atoms in total. The van der Waals surface area contributed by atoms with Crippen LogP contribution < -0.4 is 0 Å². The standard InChI is InChI=1S/C14H9Cl3I/c15-11-3-5-13(16)9(7-11)1-2-10-8-12(18)4-6-14(10)17/h1,3-8H,2H2. The van der Waals surface area contributed by atoms with Gasteiger partial charge in [-0.15, -0.1) is 0 Å². The maximum Gasteiger partial charge on any atom is 0.0442 e. The molecule has 4 heteroatoms. The van der Waals surface area contributed by atoms with Crippen LogP contribution in [-0.2, 0) is 6.42 Å². The highest BCUT2D eigenvalue weighted by Crippen LogP contribution is 2.26. The molecule has 0 aliphatic carbocycles. The highest BCUT2D eigenvalue weighted by Gasteiger charge is 2.05. The van der Waals surface area contributed by atoms with E-state index in [4.69, 9.17) is 34.8 Å². The first kappa shape index (κ1) is 14.4. The molecule has 0 unspecified atom stereocenters. The van der Waals surface area contributed by atoms with E-state index in [9.17, 15) is 0 Å². The Morgan fingerprint density at radius 1 is 0.944 bits per heavy atom. The Balaban J connectivity index is 2.16. The summed E-state index contributed by atoms with van der Waals surface area (Å²) in [6.07, 6.45) is 2.77. The second-order valence-electron chi connectivity index (χ2n) is 3.81. The van der Waals surface area contributed by atoms with Crippen LogP contribution in [0, 0.1) is 9.99 Å². The monoisotopic (exact) mass is 409 g/mol. The lowest BCUT2D eigenvalue weighted by Gasteiger charge is -2.07. The molecule has 0 saturated heterocycles. The quantitative estimate of drug-likeness (QED) is 0.541. The molecule has 2 rings (SSSR count). The summed E-state index contributed by atoms with van der Waals surface area (Å²) < 4.78 is 1.16. The average Bonchev–Trinajstić information content (AvgIpc) is 2.34. The van der Waals surface area contributed by atoms with E-state index in [2.05, 4.69) is 28.7 Å². The molecule has 2 aromatic carbocycles. The van der Waals surface area contributed by atoms with Crippen LogP contribution >= 0.6 is 57.4 Å². The molecule has 1 radical (unpaired) electrons. The fourth-order valence-electron chi connectivity index (χ4n) is 1.59. The Kier molecular flexibility index (Phi) is 5.19. The maximum atomic E-state index is 6.15. The van der Waals surface area contributed by atoms with Crippen LogP contribution in [0.3, 0.4) is 0 Å². The van der Waals surface area contributed by atoms with Gasteiger partial charge in [-0.2, -0.15) is 0 Å². The summed E-state index contributed by atoms with van der Waals surface area (Å²) in [5.74, 6) is 0. The van der Waals surface area contributed by atoms with E-state index in [1.54, 1.807) is 12.1 Å². The maximum absolute atomic E-state index is 6.15. The normalized spacial score (nSPS) is 10.7. The van der Waals surface area contributed by atoms with Crippen LogP contribution in [-0.4, -0.2) is 0 Å². The highest BCUT2D eigenvalue weighted by molar-refractivity contribution is 14.1. The van der Waals surface area contributed by atoms with Crippen LogP contribution in [0.1, 0.15) is 11.1 Å². The number of hydrogen-bond donors (Lipinski definition) is 0. The molecule has 0 saturated carbocycles. The Labute approximate surface area is 135 Å². The topological polar surface area (TPSA) is 0 Å². The third kappa shape index (κ3) is 3.77. The van der Waals surface area contributed by atoms with Gasteiger partial charge in [0.1, 0.15) is 0 Å². The van der Waals surface area contributed by atoms with Crippen molar-refractivity contribution in [1.29, 1.82) is 0 Å². The van der Waals surface area contributed by atoms with Crippen LogP contribution in [0.25, 0.3) is 0 Å². The van der Waals surface area contributed by atoms with Crippen LogP contribution in [0.4, 0.5) is 0 Å². The van der Waals surface area contributed by atoms with Crippen molar-refractivity contribution in [2.45, 2.75) is 6.42 Å². The number of hydrogen-bond acceptors (Lipinski definition) is 0. The molecule has 0 bridgehead atoms. The van der Waals surface area contributed by atoms with Gasteiger partial charge in [-0.05, 0) is 83.0 Å². The average molecular weight is 410 g/mol. The SMILES string of the molecule is Clc1ccc(Cl)c([CH]Cc2cc(I)ccc2Cl)c1. The largest absolute Gasteiger partial charge is 0.0843 e. The Morgan fingerprint density at radius 2 is 1.67 bits per heavy atom. The van der Waals surface area contributed by atoms with Gasteiger partial charge in [-0.3, -0.25) is 0 Å². The lowest BCUT2D eigenvalue weighted by molar-refractivity contribution is 1.16. The van der Waals surface area contributed by atoms with Crippen LogP contribution in [0.2, 0.25) is 15.1 Å². The zero-order valence-electron chi connectivity index (χ0n) is 9.26. The predicted octanol–water partition coefficient (Wildman–Crippen LogP) is 6.05. The lowest BCUT2D eigenvalue weighted by Crippen LogP contribution is -1.92.